The molecule has 4 nitrogen and oxygen atoms in total. The van der Waals surface area contributed by atoms with Crippen molar-refractivity contribution in [3.8, 4) is 0 Å². The van der Waals surface area contributed by atoms with Crippen molar-refractivity contribution < 1.29 is 0 Å². The van der Waals surface area contributed by atoms with Crippen molar-refractivity contribution in [1.29, 1.82) is 0 Å². The van der Waals surface area contributed by atoms with E-state index < -0.39 is 0 Å². The number of hydrogen-bond acceptors (Lipinski definition) is 4. The minimum Gasteiger partial charge on any atom is -0.382 e. The van der Waals surface area contributed by atoms with E-state index in [2.05, 4.69) is 14.9 Å². The summed E-state index contributed by atoms with van der Waals surface area (Å²) in [7, 11) is 0. The van der Waals surface area contributed by atoms with Crippen LogP contribution in [0.3, 0.4) is 0 Å². The Morgan fingerprint density at radius 1 is 1.25 bits per heavy atom. The average molecular weight is 220 g/mol. The second kappa shape index (κ2) is 4.68. The van der Waals surface area contributed by atoms with Crippen LogP contribution < -0.4 is 10.6 Å². The van der Waals surface area contributed by atoms with E-state index in [1.807, 2.05) is 20.0 Å². The first kappa shape index (κ1) is 11.2. The summed E-state index contributed by atoms with van der Waals surface area (Å²) in [5.41, 5.74) is 5.62. The molecule has 1 aromatic rings. The molecule has 2 aliphatic rings. The van der Waals surface area contributed by atoms with Crippen molar-refractivity contribution in [3.05, 3.63) is 12.4 Å². The molecule has 1 saturated carbocycles. The Kier molecular flexibility index (Phi) is 3.27. The third kappa shape index (κ3) is 1.84. The number of rotatable bonds is 1. The molecule has 1 saturated heterocycles. The molecule has 1 aliphatic carbocycles. The Labute approximate surface area is 96.9 Å². The summed E-state index contributed by atoms with van der Waals surface area (Å²) in [5, 5.41) is 0. The second-order valence-electron chi connectivity index (χ2n) is 4.19. The highest BCUT2D eigenvalue weighted by Crippen LogP contribution is 2.41. The van der Waals surface area contributed by atoms with Gasteiger partial charge in [-0.05, 0) is 25.2 Å². The van der Waals surface area contributed by atoms with Crippen LogP contribution in [0.5, 0.6) is 0 Å². The third-order valence-electron chi connectivity index (χ3n) is 3.45. The molecule has 0 aromatic carbocycles. The van der Waals surface area contributed by atoms with E-state index in [1.54, 1.807) is 6.20 Å². The van der Waals surface area contributed by atoms with Crippen molar-refractivity contribution in [1.82, 2.24) is 9.97 Å². The lowest BCUT2D eigenvalue weighted by atomic mass is 9.80. The van der Waals surface area contributed by atoms with Crippen molar-refractivity contribution in [2.45, 2.75) is 39.2 Å². The summed E-state index contributed by atoms with van der Waals surface area (Å²) >= 11 is 0. The number of nitrogen functional groups attached to an aromatic ring is 1. The Balaban J connectivity index is 0.000000457. The van der Waals surface area contributed by atoms with Gasteiger partial charge in [0.2, 0.25) is 0 Å². The molecule has 1 aromatic heterocycles. The quantitative estimate of drug-likeness (QED) is 0.787. The third-order valence-corrected chi connectivity index (χ3v) is 3.45. The summed E-state index contributed by atoms with van der Waals surface area (Å²) in [4.78, 5) is 10.8. The van der Waals surface area contributed by atoms with Gasteiger partial charge in [-0.3, -0.25) is 4.98 Å². The van der Waals surface area contributed by atoms with E-state index in [9.17, 15) is 0 Å². The molecule has 2 heterocycles. The second-order valence-corrected chi connectivity index (χ2v) is 4.19. The van der Waals surface area contributed by atoms with Crippen LogP contribution in [0, 0.1) is 5.92 Å². The van der Waals surface area contributed by atoms with Gasteiger partial charge in [-0.2, -0.15) is 0 Å². The SMILES string of the molecule is CC.Nc1cncc(N2CCC3CCC32)n1. The van der Waals surface area contributed by atoms with Crippen LogP contribution in [0.25, 0.3) is 0 Å². The number of fused-ring (bicyclic) bond motifs is 1. The highest BCUT2D eigenvalue weighted by atomic mass is 15.3. The summed E-state index contributed by atoms with van der Waals surface area (Å²) in [5.74, 6) is 2.38. The van der Waals surface area contributed by atoms with Crippen LogP contribution in [0.2, 0.25) is 0 Å². The first-order valence-corrected chi connectivity index (χ1v) is 6.19. The maximum absolute atomic E-state index is 5.62. The Hall–Kier alpha value is -1.32. The highest BCUT2D eigenvalue weighted by molar-refractivity contribution is 5.44. The van der Waals surface area contributed by atoms with Gasteiger partial charge in [0.05, 0.1) is 12.4 Å². The van der Waals surface area contributed by atoms with Gasteiger partial charge in [-0.1, -0.05) is 13.8 Å². The predicted molar refractivity (Wildman–Crippen MR) is 66.3 cm³/mol. The molecule has 16 heavy (non-hydrogen) atoms. The Bertz CT molecular complexity index is 353. The maximum atomic E-state index is 5.62. The summed E-state index contributed by atoms with van der Waals surface area (Å²) in [6.45, 7) is 5.12. The van der Waals surface area contributed by atoms with Crippen molar-refractivity contribution in [2.75, 3.05) is 17.2 Å². The monoisotopic (exact) mass is 220 g/mol. The zero-order valence-electron chi connectivity index (χ0n) is 10.1. The maximum Gasteiger partial charge on any atom is 0.149 e. The smallest absolute Gasteiger partial charge is 0.149 e. The van der Waals surface area contributed by atoms with E-state index in [1.165, 1.54) is 19.3 Å². The molecular weight excluding hydrogens is 200 g/mol. The van der Waals surface area contributed by atoms with Crippen LogP contribution >= 0.6 is 0 Å². The number of nitrogens with two attached hydrogens (primary N) is 1. The zero-order valence-corrected chi connectivity index (χ0v) is 10.1. The lowest BCUT2D eigenvalue weighted by Gasteiger charge is -2.36. The largest absolute Gasteiger partial charge is 0.382 e. The average Bonchev–Trinajstić information content (AvgIpc) is 2.57. The lowest BCUT2D eigenvalue weighted by Crippen LogP contribution is -2.39. The molecule has 1 aliphatic heterocycles. The van der Waals surface area contributed by atoms with Gasteiger partial charge >= 0.3 is 0 Å². The molecule has 2 fully saturated rings. The molecule has 88 valence electrons. The number of anilines is 2. The van der Waals surface area contributed by atoms with E-state index in [0.717, 1.165) is 18.3 Å². The molecule has 3 rings (SSSR count). The molecule has 2 N–H and O–H groups in total. The van der Waals surface area contributed by atoms with Gasteiger partial charge in [0, 0.05) is 12.6 Å². The summed E-state index contributed by atoms with van der Waals surface area (Å²) < 4.78 is 0. The van der Waals surface area contributed by atoms with Crippen LogP contribution in [0.4, 0.5) is 11.6 Å². The van der Waals surface area contributed by atoms with E-state index in [4.69, 9.17) is 5.73 Å². The van der Waals surface area contributed by atoms with Crippen molar-refractivity contribution in [3.63, 3.8) is 0 Å². The van der Waals surface area contributed by atoms with E-state index in [0.29, 0.717) is 11.9 Å². The van der Waals surface area contributed by atoms with Crippen LogP contribution in [0.15, 0.2) is 12.4 Å². The van der Waals surface area contributed by atoms with Gasteiger partial charge in [0.15, 0.2) is 0 Å². The summed E-state index contributed by atoms with van der Waals surface area (Å²) in [6.07, 6.45) is 7.41. The molecular formula is C12H20N4. The fraction of sp³-hybridized carbons (Fsp3) is 0.667. The van der Waals surface area contributed by atoms with Crippen molar-refractivity contribution >= 4 is 11.6 Å². The van der Waals surface area contributed by atoms with Crippen LogP contribution in [0.1, 0.15) is 33.1 Å². The van der Waals surface area contributed by atoms with Gasteiger partial charge in [-0.15, -0.1) is 0 Å². The number of nitrogens with zero attached hydrogens (tertiary/aromatic N) is 3. The van der Waals surface area contributed by atoms with Crippen LogP contribution in [-0.2, 0) is 0 Å². The first-order valence-electron chi connectivity index (χ1n) is 6.19. The van der Waals surface area contributed by atoms with Gasteiger partial charge in [-0.25, -0.2) is 4.98 Å². The van der Waals surface area contributed by atoms with Gasteiger partial charge in [0.1, 0.15) is 11.6 Å². The first-order chi connectivity index (χ1) is 7.84. The molecule has 0 amide bonds. The minimum atomic E-state index is 0.519. The standard InChI is InChI=1S/C10H14N4.C2H6/c11-9-5-12-6-10(13-9)14-4-3-7-1-2-8(7)14;1-2/h5-8H,1-4H2,(H2,11,13);1-2H3. The summed E-state index contributed by atoms with van der Waals surface area (Å²) in [6, 6.07) is 0.714. The van der Waals surface area contributed by atoms with E-state index >= 15 is 0 Å². The minimum absolute atomic E-state index is 0.519. The van der Waals surface area contributed by atoms with E-state index in [-0.39, 0.29) is 0 Å². The van der Waals surface area contributed by atoms with Gasteiger partial charge in [0.25, 0.3) is 0 Å². The molecule has 0 spiro atoms. The highest BCUT2D eigenvalue weighted by Gasteiger charge is 2.41. The fourth-order valence-corrected chi connectivity index (χ4v) is 2.56. The topological polar surface area (TPSA) is 55.0 Å². The number of aromatic nitrogens is 2. The molecule has 2 atom stereocenters. The lowest BCUT2D eigenvalue weighted by molar-refractivity contribution is 0.294. The van der Waals surface area contributed by atoms with Crippen molar-refractivity contribution in [2.24, 2.45) is 5.92 Å². The zero-order chi connectivity index (χ0) is 11.5. The Morgan fingerprint density at radius 3 is 2.62 bits per heavy atom. The Morgan fingerprint density at radius 2 is 2.06 bits per heavy atom. The molecule has 2 unspecified atom stereocenters. The van der Waals surface area contributed by atoms with Crippen LogP contribution in [-0.4, -0.2) is 22.6 Å². The normalized spacial score (nSPS) is 26.5. The number of hydrogen-bond donors (Lipinski definition) is 1. The molecule has 4 heteroatoms. The predicted octanol–water partition coefficient (Wildman–Crippen LogP) is 2.07. The molecule has 0 bridgehead atoms. The fourth-order valence-electron chi connectivity index (χ4n) is 2.56. The molecule has 0 radical (unpaired) electrons. The van der Waals surface area contributed by atoms with Gasteiger partial charge < -0.3 is 10.6 Å².